The van der Waals surface area contributed by atoms with Crippen LogP contribution in [0, 0.1) is 0 Å². The van der Waals surface area contributed by atoms with E-state index >= 15 is 0 Å². The third-order valence-corrected chi connectivity index (χ3v) is 7.29. The summed E-state index contributed by atoms with van der Waals surface area (Å²) < 4.78 is 1.74. The number of aromatic nitrogens is 2. The Morgan fingerprint density at radius 3 is 2.40 bits per heavy atom. The molecule has 4 rings (SSSR count). The third kappa shape index (κ3) is 5.60. The molecule has 1 amide bonds. The molecule has 0 saturated carbocycles. The predicted octanol–water partition coefficient (Wildman–Crippen LogP) is 5.32. The average Bonchev–Trinajstić information content (AvgIpc) is 2.89. The zero-order chi connectivity index (χ0) is 24.9. The van der Waals surface area contributed by atoms with Crippen molar-refractivity contribution in [3.8, 4) is 0 Å². The molecule has 2 heterocycles. The summed E-state index contributed by atoms with van der Waals surface area (Å²) >= 11 is 6.11. The van der Waals surface area contributed by atoms with E-state index < -0.39 is 0 Å². The van der Waals surface area contributed by atoms with Gasteiger partial charge in [0.25, 0.3) is 11.5 Å². The first-order chi connectivity index (χ1) is 16.9. The number of amides is 1. The maximum atomic E-state index is 13.1. The molecule has 1 unspecified atom stereocenters. The van der Waals surface area contributed by atoms with Crippen LogP contribution in [0.2, 0.25) is 5.02 Å². The Hall–Kier alpha value is -2.70. The molecular weight excluding hydrogens is 460 g/mol. The summed E-state index contributed by atoms with van der Waals surface area (Å²) in [6.45, 7) is 9.58. The van der Waals surface area contributed by atoms with E-state index in [4.69, 9.17) is 16.6 Å². The highest BCUT2D eigenvalue weighted by atomic mass is 35.5. The smallest absolute Gasteiger partial charge is 0.261 e. The number of hydrogen-bond acceptors (Lipinski definition) is 4. The second-order valence-electron chi connectivity index (χ2n) is 9.34. The number of piperazine rings is 1. The van der Waals surface area contributed by atoms with Crippen molar-refractivity contribution >= 4 is 28.4 Å². The van der Waals surface area contributed by atoms with Crippen molar-refractivity contribution in [3.63, 3.8) is 0 Å². The molecule has 3 aromatic rings. The number of hydrogen-bond donors (Lipinski definition) is 0. The highest BCUT2D eigenvalue weighted by molar-refractivity contribution is 6.31. The van der Waals surface area contributed by atoms with Gasteiger partial charge in [-0.25, -0.2) is 4.98 Å². The zero-order valence-electron chi connectivity index (χ0n) is 21.0. The number of unbranched alkanes of at least 4 members (excludes halogenated alkanes) is 2. The molecule has 35 heavy (non-hydrogen) atoms. The van der Waals surface area contributed by atoms with Crippen LogP contribution in [0.25, 0.3) is 10.9 Å². The van der Waals surface area contributed by atoms with Gasteiger partial charge in [-0.3, -0.25) is 19.1 Å². The van der Waals surface area contributed by atoms with Gasteiger partial charge < -0.3 is 4.90 Å². The van der Waals surface area contributed by atoms with Crippen LogP contribution in [0.15, 0.2) is 47.3 Å². The topological polar surface area (TPSA) is 58.4 Å². The van der Waals surface area contributed by atoms with Gasteiger partial charge in [-0.15, -0.1) is 0 Å². The summed E-state index contributed by atoms with van der Waals surface area (Å²) in [6, 6.07) is 13.3. The van der Waals surface area contributed by atoms with Crippen molar-refractivity contribution in [3.05, 3.63) is 74.8 Å². The van der Waals surface area contributed by atoms with Crippen LogP contribution < -0.4 is 5.56 Å². The Bertz CT molecular complexity index is 1230. The van der Waals surface area contributed by atoms with E-state index in [1.807, 2.05) is 24.0 Å². The van der Waals surface area contributed by atoms with Crippen molar-refractivity contribution in [1.82, 2.24) is 19.4 Å². The van der Waals surface area contributed by atoms with Crippen LogP contribution in [0.1, 0.15) is 67.8 Å². The van der Waals surface area contributed by atoms with Gasteiger partial charge in [0.05, 0.1) is 16.9 Å². The first-order valence-corrected chi connectivity index (χ1v) is 13.1. The molecule has 6 nitrogen and oxygen atoms in total. The minimum absolute atomic E-state index is 0.0395. The van der Waals surface area contributed by atoms with Gasteiger partial charge in [-0.05, 0) is 62.6 Å². The van der Waals surface area contributed by atoms with Crippen molar-refractivity contribution in [2.45, 2.75) is 59.0 Å². The molecule has 0 radical (unpaired) electrons. The number of carbonyl (C=O) groups is 1. The average molecular weight is 495 g/mol. The molecule has 2 aromatic carbocycles. The van der Waals surface area contributed by atoms with Crippen LogP contribution in [0.5, 0.6) is 0 Å². The van der Waals surface area contributed by atoms with E-state index in [9.17, 15) is 9.59 Å². The number of rotatable bonds is 8. The van der Waals surface area contributed by atoms with Gasteiger partial charge in [0, 0.05) is 43.3 Å². The van der Waals surface area contributed by atoms with Crippen molar-refractivity contribution in [2.24, 2.45) is 0 Å². The molecule has 0 spiro atoms. The van der Waals surface area contributed by atoms with Crippen molar-refractivity contribution in [1.29, 1.82) is 0 Å². The summed E-state index contributed by atoms with van der Waals surface area (Å²) in [5.41, 5.74) is 2.65. The fraction of sp³-hybridized carbons (Fsp3) is 0.464. The molecule has 1 atom stereocenters. The second-order valence-corrected chi connectivity index (χ2v) is 9.78. The Labute approximate surface area is 212 Å². The van der Waals surface area contributed by atoms with Gasteiger partial charge in [0.15, 0.2) is 0 Å². The summed E-state index contributed by atoms with van der Waals surface area (Å²) in [5.74, 6) is 0.842. The van der Waals surface area contributed by atoms with Crippen molar-refractivity contribution < 1.29 is 4.79 Å². The Morgan fingerprint density at radius 1 is 1.03 bits per heavy atom. The highest BCUT2D eigenvalue weighted by Gasteiger charge is 2.28. The zero-order valence-corrected chi connectivity index (χ0v) is 21.7. The Morgan fingerprint density at radius 2 is 1.74 bits per heavy atom. The molecule has 0 bridgehead atoms. The maximum absolute atomic E-state index is 13.1. The molecule has 1 aromatic heterocycles. The lowest BCUT2D eigenvalue weighted by Crippen LogP contribution is -2.50. The predicted molar refractivity (Wildman–Crippen MR) is 142 cm³/mol. The fourth-order valence-electron chi connectivity index (χ4n) is 4.89. The van der Waals surface area contributed by atoms with E-state index in [0.29, 0.717) is 35.6 Å². The summed E-state index contributed by atoms with van der Waals surface area (Å²) in [7, 11) is 0. The normalized spacial score (nSPS) is 15.5. The minimum Gasteiger partial charge on any atom is -0.336 e. The summed E-state index contributed by atoms with van der Waals surface area (Å²) in [6.07, 6.45) is 4.71. The largest absolute Gasteiger partial charge is 0.336 e. The van der Waals surface area contributed by atoms with Gasteiger partial charge in [0.1, 0.15) is 5.82 Å². The number of halogens is 1. The van der Waals surface area contributed by atoms with E-state index in [2.05, 4.69) is 30.9 Å². The molecule has 1 aliphatic heterocycles. The fourth-order valence-corrected chi connectivity index (χ4v) is 5.06. The standard InChI is InChI=1S/C28H35ClN4O2/c1-4-6-7-8-21-9-11-22(12-10-21)27(34)32-17-15-31(16-18-32)20(3)26-30-25-14-13-23(29)19-24(25)28(35)33(26)5-2/h9-14,19-20H,4-8,15-18H2,1-3H3. The quantitative estimate of drug-likeness (QED) is 0.397. The van der Waals surface area contributed by atoms with Crippen LogP contribution in [0.3, 0.4) is 0 Å². The first-order valence-electron chi connectivity index (χ1n) is 12.7. The van der Waals surface area contributed by atoms with Crippen LogP contribution >= 0.6 is 11.6 Å². The van der Waals surface area contributed by atoms with E-state index in [1.165, 1.54) is 24.8 Å². The van der Waals surface area contributed by atoms with Crippen LogP contribution in [-0.4, -0.2) is 51.4 Å². The molecule has 7 heteroatoms. The lowest BCUT2D eigenvalue weighted by atomic mass is 10.0. The van der Waals surface area contributed by atoms with E-state index in [0.717, 1.165) is 30.9 Å². The Balaban J connectivity index is 1.43. The minimum atomic E-state index is -0.0613. The molecule has 0 aliphatic carbocycles. The molecule has 0 N–H and O–H groups in total. The molecule has 186 valence electrons. The van der Waals surface area contributed by atoms with Gasteiger partial charge in [-0.1, -0.05) is 43.5 Å². The highest BCUT2D eigenvalue weighted by Crippen LogP contribution is 2.23. The van der Waals surface area contributed by atoms with E-state index in [1.54, 1.807) is 22.8 Å². The number of fused-ring (bicyclic) bond motifs is 1. The summed E-state index contributed by atoms with van der Waals surface area (Å²) in [5, 5.41) is 1.08. The van der Waals surface area contributed by atoms with Gasteiger partial charge >= 0.3 is 0 Å². The number of nitrogens with zero attached hydrogens (tertiary/aromatic N) is 4. The van der Waals surface area contributed by atoms with Gasteiger partial charge in [0.2, 0.25) is 0 Å². The Kier molecular flexibility index (Phi) is 8.24. The van der Waals surface area contributed by atoms with Gasteiger partial charge in [-0.2, -0.15) is 0 Å². The lowest BCUT2D eigenvalue weighted by molar-refractivity contribution is 0.0571. The third-order valence-electron chi connectivity index (χ3n) is 7.05. The SMILES string of the molecule is CCCCCc1ccc(C(=O)N2CCN(C(C)c3nc4ccc(Cl)cc4c(=O)n3CC)CC2)cc1. The molecule has 1 aliphatic rings. The number of aryl methyl sites for hydroxylation is 1. The number of benzene rings is 2. The lowest BCUT2D eigenvalue weighted by Gasteiger charge is -2.38. The molecular formula is C28H35ClN4O2. The van der Waals surface area contributed by atoms with Crippen LogP contribution in [0.4, 0.5) is 0 Å². The first kappa shape index (κ1) is 25.4. The molecule has 1 fully saturated rings. The monoisotopic (exact) mass is 494 g/mol. The summed E-state index contributed by atoms with van der Waals surface area (Å²) in [4.78, 5) is 35.3. The maximum Gasteiger partial charge on any atom is 0.261 e. The van der Waals surface area contributed by atoms with Crippen LogP contribution in [-0.2, 0) is 13.0 Å². The van der Waals surface area contributed by atoms with E-state index in [-0.39, 0.29) is 17.5 Å². The molecule has 1 saturated heterocycles. The van der Waals surface area contributed by atoms with Crippen molar-refractivity contribution in [2.75, 3.05) is 26.2 Å². The number of carbonyl (C=O) groups excluding carboxylic acids is 1. The second kappa shape index (κ2) is 11.4.